The smallest absolute Gasteiger partial charge is 0.193 e. The van der Waals surface area contributed by atoms with Crippen molar-refractivity contribution in [3.05, 3.63) is 89.0 Å². The quantitative estimate of drug-likeness (QED) is 0.295. The largest absolute Gasteiger partial charge is 0.497 e. The minimum absolute atomic E-state index is 0.0230. The van der Waals surface area contributed by atoms with Crippen LogP contribution >= 0.6 is 12.2 Å². The van der Waals surface area contributed by atoms with Crippen LogP contribution in [-0.4, -0.2) is 23.6 Å². The summed E-state index contributed by atoms with van der Waals surface area (Å²) in [5.74, 6) is 1.56. The molecular weight excluding hydrogens is 468 g/mol. The van der Waals surface area contributed by atoms with Gasteiger partial charge in [-0.15, -0.1) is 0 Å². The molecule has 1 aliphatic heterocycles. The van der Waals surface area contributed by atoms with E-state index in [1.165, 1.54) is 5.56 Å². The first kappa shape index (κ1) is 25.7. The Morgan fingerprint density at radius 1 is 1.03 bits per heavy atom. The molecule has 36 heavy (non-hydrogen) atoms. The Morgan fingerprint density at radius 3 is 2.42 bits per heavy atom. The third kappa shape index (κ3) is 5.88. The second kappa shape index (κ2) is 9.94. The SMILES string of the molecule is COc1ccc2c(c1)C(NC(=S)Nc1cccc(C(=O)c3ccc(C(C)(C)C)cc3)c1)CC(C)(C)O2. The van der Waals surface area contributed by atoms with E-state index >= 15 is 0 Å². The number of hydrogen-bond acceptors (Lipinski definition) is 4. The molecular formula is C30H34N2O3S. The average Bonchev–Trinajstić information content (AvgIpc) is 2.82. The molecule has 1 atom stereocenters. The molecule has 0 fully saturated rings. The van der Waals surface area contributed by atoms with Crippen molar-refractivity contribution in [2.24, 2.45) is 0 Å². The highest BCUT2D eigenvalue weighted by molar-refractivity contribution is 7.80. The molecule has 0 saturated heterocycles. The first-order valence-corrected chi connectivity index (χ1v) is 12.6. The highest BCUT2D eigenvalue weighted by atomic mass is 32.1. The van der Waals surface area contributed by atoms with Crippen molar-refractivity contribution in [2.75, 3.05) is 12.4 Å². The van der Waals surface area contributed by atoms with Crippen molar-refractivity contribution in [2.45, 2.75) is 58.1 Å². The van der Waals surface area contributed by atoms with Gasteiger partial charge in [0.25, 0.3) is 0 Å². The molecule has 5 nitrogen and oxygen atoms in total. The van der Waals surface area contributed by atoms with Gasteiger partial charge in [0.05, 0.1) is 13.2 Å². The molecule has 2 N–H and O–H groups in total. The lowest BCUT2D eigenvalue weighted by atomic mass is 9.86. The molecule has 0 bridgehead atoms. The molecule has 0 aliphatic carbocycles. The van der Waals surface area contributed by atoms with Gasteiger partial charge in [0.15, 0.2) is 10.9 Å². The molecule has 1 unspecified atom stereocenters. The van der Waals surface area contributed by atoms with Crippen molar-refractivity contribution < 1.29 is 14.3 Å². The lowest BCUT2D eigenvalue weighted by Crippen LogP contribution is -2.42. The van der Waals surface area contributed by atoms with Gasteiger partial charge in [-0.2, -0.15) is 0 Å². The lowest BCUT2D eigenvalue weighted by molar-refractivity contribution is 0.0695. The second-order valence-corrected chi connectivity index (χ2v) is 11.3. The van der Waals surface area contributed by atoms with Gasteiger partial charge in [-0.3, -0.25) is 4.79 Å². The fourth-order valence-corrected chi connectivity index (χ4v) is 4.70. The minimum Gasteiger partial charge on any atom is -0.497 e. The van der Waals surface area contributed by atoms with E-state index in [0.717, 1.165) is 29.2 Å². The Bertz CT molecular complexity index is 1280. The number of rotatable bonds is 5. The molecule has 3 aromatic rings. The van der Waals surface area contributed by atoms with E-state index in [-0.39, 0.29) is 22.8 Å². The van der Waals surface area contributed by atoms with Crippen LogP contribution in [0.25, 0.3) is 0 Å². The van der Waals surface area contributed by atoms with Crippen LogP contribution in [0.4, 0.5) is 5.69 Å². The van der Waals surface area contributed by atoms with Crippen LogP contribution in [0.15, 0.2) is 66.7 Å². The maximum absolute atomic E-state index is 13.1. The molecule has 6 heteroatoms. The maximum Gasteiger partial charge on any atom is 0.193 e. The number of carbonyl (C=O) groups excluding carboxylic acids is 1. The Balaban J connectivity index is 1.48. The van der Waals surface area contributed by atoms with Gasteiger partial charge in [-0.05, 0) is 67.4 Å². The number of benzene rings is 3. The van der Waals surface area contributed by atoms with E-state index < -0.39 is 0 Å². The Labute approximate surface area is 219 Å². The molecule has 0 amide bonds. The van der Waals surface area contributed by atoms with Crippen LogP contribution in [-0.2, 0) is 5.41 Å². The molecule has 0 saturated carbocycles. The first-order valence-electron chi connectivity index (χ1n) is 12.1. The topological polar surface area (TPSA) is 59.6 Å². The van der Waals surface area contributed by atoms with Crippen molar-refractivity contribution in [1.29, 1.82) is 0 Å². The Morgan fingerprint density at radius 2 is 1.75 bits per heavy atom. The predicted molar refractivity (Wildman–Crippen MR) is 149 cm³/mol. The van der Waals surface area contributed by atoms with Crippen LogP contribution in [0.5, 0.6) is 11.5 Å². The van der Waals surface area contributed by atoms with Crippen LogP contribution in [0.3, 0.4) is 0 Å². The monoisotopic (exact) mass is 502 g/mol. The number of ether oxygens (including phenoxy) is 2. The summed E-state index contributed by atoms with van der Waals surface area (Å²) in [6.07, 6.45) is 0.734. The van der Waals surface area contributed by atoms with Crippen LogP contribution in [0, 0.1) is 0 Å². The summed E-state index contributed by atoms with van der Waals surface area (Å²) in [6, 6.07) is 21.0. The highest BCUT2D eigenvalue weighted by Gasteiger charge is 2.34. The Kier molecular flexibility index (Phi) is 7.10. The molecule has 0 aromatic heterocycles. The average molecular weight is 503 g/mol. The summed E-state index contributed by atoms with van der Waals surface area (Å²) < 4.78 is 11.6. The zero-order chi connectivity index (χ0) is 26.1. The number of anilines is 1. The van der Waals surface area contributed by atoms with Gasteiger partial charge in [0.2, 0.25) is 0 Å². The number of methoxy groups -OCH3 is 1. The molecule has 4 rings (SSSR count). The number of carbonyl (C=O) groups is 1. The van der Waals surface area contributed by atoms with E-state index in [1.54, 1.807) is 7.11 Å². The van der Waals surface area contributed by atoms with Gasteiger partial charge < -0.3 is 20.1 Å². The molecule has 188 valence electrons. The number of nitrogens with one attached hydrogen (secondary N) is 2. The van der Waals surface area contributed by atoms with Crippen LogP contribution < -0.4 is 20.1 Å². The number of fused-ring (bicyclic) bond motifs is 1. The van der Waals surface area contributed by atoms with E-state index in [9.17, 15) is 4.79 Å². The van der Waals surface area contributed by atoms with Gasteiger partial charge in [-0.1, -0.05) is 57.2 Å². The van der Waals surface area contributed by atoms with E-state index in [1.807, 2.05) is 66.7 Å². The minimum atomic E-state index is -0.344. The summed E-state index contributed by atoms with van der Waals surface area (Å²) in [7, 11) is 1.65. The molecule has 3 aromatic carbocycles. The van der Waals surface area contributed by atoms with Crippen molar-refractivity contribution in [3.8, 4) is 11.5 Å². The zero-order valence-electron chi connectivity index (χ0n) is 21.8. The van der Waals surface area contributed by atoms with Crippen molar-refractivity contribution >= 4 is 28.8 Å². The molecule has 1 heterocycles. The normalized spacial score (nSPS) is 16.3. The molecule has 1 aliphatic rings. The van der Waals surface area contributed by atoms with Crippen LogP contribution in [0.2, 0.25) is 0 Å². The summed E-state index contributed by atoms with van der Waals surface area (Å²) >= 11 is 5.65. The van der Waals surface area contributed by atoms with Gasteiger partial charge in [-0.25, -0.2) is 0 Å². The number of hydrogen-bond donors (Lipinski definition) is 2. The predicted octanol–water partition coefficient (Wildman–Crippen LogP) is 6.81. The lowest BCUT2D eigenvalue weighted by Gasteiger charge is -2.38. The van der Waals surface area contributed by atoms with Gasteiger partial charge in [0.1, 0.15) is 17.1 Å². The summed E-state index contributed by atoms with van der Waals surface area (Å²) in [6.45, 7) is 10.6. The van der Waals surface area contributed by atoms with Crippen LogP contribution in [0.1, 0.15) is 74.1 Å². The van der Waals surface area contributed by atoms with Crippen molar-refractivity contribution in [3.63, 3.8) is 0 Å². The number of thiocarbonyl (C=S) groups is 1. The second-order valence-electron chi connectivity index (χ2n) is 10.9. The Hall–Kier alpha value is -3.38. The first-order chi connectivity index (χ1) is 16.9. The molecule has 0 spiro atoms. The summed E-state index contributed by atoms with van der Waals surface area (Å²) in [5.41, 5.74) is 3.91. The van der Waals surface area contributed by atoms with E-state index in [0.29, 0.717) is 16.2 Å². The fraction of sp³-hybridized carbons (Fsp3) is 0.333. The van der Waals surface area contributed by atoms with Gasteiger partial charge in [0, 0.05) is 28.8 Å². The van der Waals surface area contributed by atoms with E-state index in [2.05, 4.69) is 45.3 Å². The molecule has 0 radical (unpaired) electrons. The van der Waals surface area contributed by atoms with E-state index in [4.69, 9.17) is 21.7 Å². The van der Waals surface area contributed by atoms with Crippen molar-refractivity contribution in [1.82, 2.24) is 5.32 Å². The van der Waals surface area contributed by atoms with Gasteiger partial charge >= 0.3 is 0 Å². The third-order valence-corrected chi connectivity index (χ3v) is 6.60. The maximum atomic E-state index is 13.1. The standard InChI is InChI=1S/C30H34N2O3S/c1-29(2,3)21-12-10-19(11-13-21)27(33)20-8-7-9-22(16-20)31-28(36)32-25-18-30(4,5)35-26-15-14-23(34-6)17-24(25)26/h7-17,25H,18H2,1-6H3,(H2,31,32,36). The summed E-state index contributed by atoms with van der Waals surface area (Å²) in [4.78, 5) is 13.1. The zero-order valence-corrected chi connectivity index (χ0v) is 22.6. The summed E-state index contributed by atoms with van der Waals surface area (Å²) in [5, 5.41) is 7.16. The number of ketones is 1. The fourth-order valence-electron chi connectivity index (χ4n) is 4.44. The third-order valence-electron chi connectivity index (χ3n) is 6.38. The highest BCUT2D eigenvalue weighted by Crippen LogP contribution is 2.41.